The Morgan fingerprint density at radius 3 is 2.42 bits per heavy atom. The number of nitrogens with two attached hydrogens (primary N) is 1. The van der Waals surface area contributed by atoms with Gasteiger partial charge in [-0.15, -0.1) is 0 Å². The van der Waals surface area contributed by atoms with Crippen molar-refractivity contribution < 1.29 is 19.1 Å². The van der Waals surface area contributed by atoms with Crippen molar-refractivity contribution in [1.82, 2.24) is 0 Å². The Morgan fingerprint density at radius 1 is 1.04 bits per heavy atom. The average molecular weight is 328 g/mol. The summed E-state index contributed by atoms with van der Waals surface area (Å²) >= 11 is 0. The summed E-state index contributed by atoms with van der Waals surface area (Å²) in [5.74, 6) is 1.16. The molecule has 0 spiro atoms. The van der Waals surface area contributed by atoms with E-state index in [1.165, 1.54) is 0 Å². The predicted molar refractivity (Wildman–Crippen MR) is 91.0 cm³/mol. The largest absolute Gasteiger partial charge is 0.497 e. The molecule has 6 nitrogen and oxygen atoms in total. The lowest BCUT2D eigenvalue weighted by atomic mass is 10.2. The van der Waals surface area contributed by atoms with Crippen LogP contribution in [0.5, 0.6) is 11.5 Å². The Balaban J connectivity index is 1.71. The van der Waals surface area contributed by atoms with Crippen LogP contribution in [0.4, 0.5) is 0 Å². The molecule has 24 heavy (non-hydrogen) atoms. The summed E-state index contributed by atoms with van der Waals surface area (Å²) in [5.41, 5.74) is 6.42. The van der Waals surface area contributed by atoms with E-state index in [4.69, 9.17) is 20.0 Å². The van der Waals surface area contributed by atoms with E-state index in [0.29, 0.717) is 24.3 Å². The summed E-state index contributed by atoms with van der Waals surface area (Å²) in [6.07, 6.45) is 0.734. The molecule has 0 unspecified atom stereocenters. The van der Waals surface area contributed by atoms with Gasteiger partial charge in [-0.3, -0.25) is 0 Å². The van der Waals surface area contributed by atoms with E-state index in [2.05, 4.69) is 5.16 Å². The van der Waals surface area contributed by atoms with E-state index < -0.39 is 5.97 Å². The van der Waals surface area contributed by atoms with Crippen molar-refractivity contribution in [2.45, 2.75) is 12.8 Å². The minimum Gasteiger partial charge on any atom is -0.497 e. The van der Waals surface area contributed by atoms with Gasteiger partial charge in [0.05, 0.1) is 20.1 Å². The van der Waals surface area contributed by atoms with Crippen LogP contribution < -0.4 is 15.2 Å². The van der Waals surface area contributed by atoms with Crippen molar-refractivity contribution in [3.8, 4) is 11.5 Å². The molecule has 2 N–H and O–H groups in total. The van der Waals surface area contributed by atoms with Crippen LogP contribution in [0.2, 0.25) is 0 Å². The van der Waals surface area contributed by atoms with Crippen molar-refractivity contribution in [1.29, 1.82) is 0 Å². The number of carbonyl (C=O) groups excluding carboxylic acids is 1. The zero-order chi connectivity index (χ0) is 17.2. The van der Waals surface area contributed by atoms with Gasteiger partial charge in [-0.25, -0.2) is 4.79 Å². The number of oxime groups is 1. The summed E-state index contributed by atoms with van der Waals surface area (Å²) in [6.45, 7) is 0.427. The van der Waals surface area contributed by atoms with E-state index in [9.17, 15) is 4.79 Å². The van der Waals surface area contributed by atoms with E-state index >= 15 is 0 Å². The Morgan fingerprint density at radius 2 is 1.75 bits per heavy atom. The summed E-state index contributed by atoms with van der Waals surface area (Å²) in [6, 6.07) is 16.4. The van der Waals surface area contributed by atoms with Crippen molar-refractivity contribution in [3.05, 3.63) is 60.2 Å². The van der Waals surface area contributed by atoms with E-state index in [0.717, 1.165) is 5.75 Å². The molecule has 0 atom stereocenters. The van der Waals surface area contributed by atoms with Crippen LogP contribution in [0.3, 0.4) is 0 Å². The smallest absolute Gasteiger partial charge is 0.335 e. The van der Waals surface area contributed by atoms with Gasteiger partial charge in [0.15, 0.2) is 5.84 Å². The van der Waals surface area contributed by atoms with Crippen molar-refractivity contribution >= 4 is 11.8 Å². The zero-order valence-electron chi connectivity index (χ0n) is 13.5. The fraction of sp³-hybridized carbons (Fsp3) is 0.222. The number of nitrogens with zero attached hydrogens (tertiary/aromatic N) is 1. The molecular weight excluding hydrogens is 308 g/mol. The SMILES string of the molecule is COc1ccc(/C(N)=N\OC(=O)CCCOc2ccccc2)cc1. The van der Waals surface area contributed by atoms with Crippen LogP contribution >= 0.6 is 0 Å². The van der Waals surface area contributed by atoms with E-state index in [-0.39, 0.29) is 12.3 Å². The molecule has 2 aromatic rings. The Labute approximate surface area is 140 Å². The molecule has 0 aliphatic heterocycles. The number of ether oxygens (including phenoxy) is 2. The topological polar surface area (TPSA) is 83.1 Å². The maximum Gasteiger partial charge on any atom is 0.335 e. The first-order chi connectivity index (χ1) is 11.7. The van der Waals surface area contributed by atoms with Crippen molar-refractivity contribution in [2.24, 2.45) is 10.9 Å². The van der Waals surface area contributed by atoms with E-state index in [1.807, 2.05) is 30.3 Å². The zero-order valence-corrected chi connectivity index (χ0v) is 13.5. The molecule has 0 fully saturated rings. The lowest BCUT2D eigenvalue weighted by Gasteiger charge is -2.05. The minimum atomic E-state index is -0.455. The Kier molecular flexibility index (Phi) is 6.64. The lowest BCUT2D eigenvalue weighted by Crippen LogP contribution is -2.15. The number of para-hydroxylation sites is 1. The second kappa shape index (κ2) is 9.19. The molecule has 2 aromatic carbocycles. The number of hydrogen-bond acceptors (Lipinski definition) is 5. The highest BCUT2D eigenvalue weighted by Gasteiger charge is 2.05. The van der Waals surface area contributed by atoms with Crippen LogP contribution in [0.1, 0.15) is 18.4 Å². The monoisotopic (exact) mass is 328 g/mol. The molecule has 0 aliphatic rings. The summed E-state index contributed by atoms with van der Waals surface area (Å²) < 4.78 is 10.5. The summed E-state index contributed by atoms with van der Waals surface area (Å²) in [7, 11) is 1.58. The number of hydrogen-bond donors (Lipinski definition) is 1. The fourth-order valence-electron chi connectivity index (χ4n) is 1.88. The minimum absolute atomic E-state index is 0.131. The van der Waals surface area contributed by atoms with Gasteiger partial charge in [0.25, 0.3) is 0 Å². The van der Waals surface area contributed by atoms with Crippen LogP contribution in [-0.4, -0.2) is 25.5 Å². The first kappa shape index (κ1) is 17.3. The van der Waals surface area contributed by atoms with Gasteiger partial charge in [0.1, 0.15) is 11.5 Å². The Bertz CT molecular complexity index is 669. The number of amidine groups is 1. The first-order valence-corrected chi connectivity index (χ1v) is 7.54. The van der Waals surface area contributed by atoms with Gasteiger partial charge in [-0.05, 0) is 42.8 Å². The molecule has 2 rings (SSSR count). The second-order valence-corrected chi connectivity index (χ2v) is 4.93. The van der Waals surface area contributed by atoms with Gasteiger partial charge in [-0.2, -0.15) is 0 Å². The number of benzene rings is 2. The van der Waals surface area contributed by atoms with Crippen molar-refractivity contribution in [2.75, 3.05) is 13.7 Å². The standard InChI is InChI=1S/C18H20N2O4/c1-22-15-11-9-14(10-12-15)18(19)20-24-17(21)8-5-13-23-16-6-3-2-4-7-16/h2-4,6-7,9-12H,5,8,13H2,1H3,(H2,19,20). The molecule has 0 saturated carbocycles. The highest BCUT2D eigenvalue weighted by atomic mass is 16.7. The highest BCUT2D eigenvalue weighted by Crippen LogP contribution is 2.11. The fourth-order valence-corrected chi connectivity index (χ4v) is 1.88. The highest BCUT2D eigenvalue weighted by molar-refractivity contribution is 5.97. The van der Waals surface area contributed by atoms with E-state index in [1.54, 1.807) is 31.4 Å². The maximum absolute atomic E-state index is 11.6. The second-order valence-electron chi connectivity index (χ2n) is 4.93. The van der Waals surface area contributed by atoms with Crippen LogP contribution in [-0.2, 0) is 9.63 Å². The average Bonchev–Trinajstić information content (AvgIpc) is 2.64. The predicted octanol–water partition coefficient (Wildman–Crippen LogP) is 2.72. The molecule has 0 bridgehead atoms. The molecule has 0 aliphatic carbocycles. The molecule has 0 saturated heterocycles. The van der Waals surface area contributed by atoms with Crippen LogP contribution in [0, 0.1) is 0 Å². The summed E-state index contributed by atoms with van der Waals surface area (Å²) in [4.78, 5) is 16.4. The van der Waals surface area contributed by atoms with Crippen LogP contribution in [0.25, 0.3) is 0 Å². The maximum atomic E-state index is 11.6. The van der Waals surface area contributed by atoms with Crippen LogP contribution in [0.15, 0.2) is 59.8 Å². The van der Waals surface area contributed by atoms with Gasteiger partial charge in [0, 0.05) is 5.56 Å². The van der Waals surface area contributed by atoms with Gasteiger partial charge < -0.3 is 20.0 Å². The third-order valence-corrected chi connectivity index (χ3v) is 3.17. The molecular formula is C18H20N2O4. The Hall–Kier alpha value is -3.02. The normalized spacial score (nSPS) is 11.0. The lowest BCUT2D eigenvalue weighted by molar-refractivity contribution is -0.143. The van der Waals surface area contributed by atoms with Gasteiger partial charge in [-0.1, -0.05) is 23.4 Å². The quantitative estimate of drug-likeness (QED) is 0.265. The molecule has 0 radical (unpaired) electrons. The molecule has 0 amide bonds. The summed E-state index contributed by atoms with van der Waals surface area (Å²) in [5, 5.41) is 3.65. The molecule has 0 aromatic heterocycles. The molecule has 126 valence electrons. The molecule has 0 heterocycles. The third kappa shape index (κ3) is 5.64. The van der Waals surface area contributed by atoms with Gasteiger partial charge in [0.2, 0.25) is 0 Å². The van der Waals surface area contributed by atoms with Crippen molar-refractivity contribution in [3.63, 3.8) is 0 Å². The number of carbonyl (C=O) groups is 1. The first-order valence-electron chi connectivity index (χ1n) is 7.54. The number of rotatable bonds is 8. The number of methoxy groups -OCH3 is 1. The van der Waals surface area contributed by atoms with Gasteiger partial charge >= 0.3 is 5.97 Å². The molecule has 6 heteroatoms. The third-order valence-electron chi connectivity index (χ3n) is 3.17.